The number of amides is 2. The Hall–Kier alpha value is -2.87. The first kappa shape index (κ1) is 28.4. The lowest BCUT2D eigenvalue weighted by atomic mass is 10.0. The van der Waals surface area contributed by atoms with Crippen molar-refractivity contribution in [2.45, 2.75) is 72.5 Å². The van der Waals surface area contributed by atoms with Crippen LogP contribution < -0.4 is 9.62 Å². The van der Waals surface area contributed by atoms with Crippen LogP contribution in [0.5, 0.6) is 0 Å². The summed E-state index contributed by atoms with van der Waals surface area (Å²) in [4.78, 5) is 28.0. The third-order valence-corrected chi connectivity index (χ3v) is 7.44. The molecule has 0 fully saturated rings. The Morgan fingerprint density at radius 1 is 0.971 bits per heavy atom. The highest BCUT2D eigenvalue weighted by atomic mass is 32.2. The molecule has 0 heterocycles. The quantitative estimate of drug-likeness (QED) is 0.500. The largest absolute Gasteiger partial charge is 0.352 e. The molecule has 0 saturated heterocycles. The summed E-state index contributed by atoms with van der Waals surface area (Å²) in [6.07, 6.45) is 1.85. The van der Waals surface area contributed by atoms with Gasteiger partial charge in [-0.2, -0.15) is 0 Å². The van der Waals surface area contributed by atoms with Crippen molar-refractivity contribution in [3.05, 3.63) is 65.2 Å². The number of hydrogen-bond acceptors (Lipinski definition) is 4. The highest BCUT2D eigenvalue weighted by Gasteiger charge is 2.30. The highest BCUT2D eigenvalue weighted by Crippen LogP contribution is 2.23. The van der Waals surface area contributed by atoms with Crippen LogP contribution in [0.25, 0.3) is 0 Å². The Labute approximate surface area is 210 Å². The number of sulfonamides is 1. The average molecular weight is 502 g/mol. The van der Waals surface area contributed by atoms with Crippen LogP contribution in [0.1, 0.15) is 63.6 Å². The Morgan fingerprint density at radius 2 is 1.57 bits per heavy atom. The SMILES string of the molecule is CC[C@@H](C)NC(=O)[C@H](C)N(Cc1ccccc1C)C(=O)CN(c1ccc(C(C)C)cc1)S(C)(=O)=O. The minimum Gasteiger partial charge on any atom is -0.352 e. The van der Waals surface area contributed by atoms with Gasteiger partial charge < -0.3 is 10.2 Å². The van der Waals surface area contributed by atoms with Gasteiger partial charge in [-0.3, -0.25) is 13.9 Å². The minimum atomic E-state index is -3.74. The van der Waals surface area contributed by atoms with Crippen molar-refractivity contribution in [2.75, 3.05) is 17.1 Å². The van der Waals surface area contributed by atoms with Gasteiger partial charge in [-0.1, -0.05) is 57.2 Å². The molecule has 2 atom stereocenters. The third kappa shape index (κ3) is 7.82. The van der Waals surface area contributed by atoms with Gasteiger partial charge in [0.2, 0.25) is 21.8 Å². The van der Waals surface area contributed by atoms with E-state index in [0.29, 0.717) is 11.6 Å². The van der Waals surface area contributed by atoms with E-state index >= 15 is 0 Å². The molecule has 7 nitrogen and oxygen atoms in total. The molecule has 8 heteroatoms. The van der Waals surface area contributed by atoms with Crippen molar-refractivity contribution in [3.63, 3.8) is 0 Å². The van der Waals surface area contributed by atoms with Crippen molar-refractivity contribution in [1.29, 1.82) is 0 Å². The molecule has 192 valence electrons. The highest BCUT2D eigenvalue weighted by molar-refractivity contribution is 7.92. The second-order valence-corrected chi connectivity index (χ2v) is 11.4. The predicted octanol–water partition coefficient (Wildman–Crippen LogP) is 4.22. The lowest BCUT2D eigenvalue weighted by molar-refractivity contribution is -0.139. The number of aryl methyl sites for hydroxylation is 1. The molecule has 0 aliphatic carbocycles. The summed E-state index contributed by atoms with van der Waals surface area (Å²) in [6, 6.07) is 14.0. The molecular weight excluding hydrogens is 462 g/mol. The summed E-state index contributed by atoms with van der Waals surface area (Å²) in [5.41, 5.74) is 3.38. The molecule has 0 radical (unpaired) electrons. The predicted molar refractivity (Wildman–Crippen MR) is 142 cm³/mol. The normalized spacial score (nSPS) is 13.3. The van der Waals surface area contributed by atoms with E-state index in [1.165, 1.54) is 4.90 Å². The monoisotopic (exact) mass is 501 g/mol. The molecular formula is C27H39N3O4S. The third-order valence-electron chi connectivity index (χ3n) is 6.30. The van der Waals surface area contributed by atoms with Crippen LogP contribution in [-0.4, -0.2) is 50.0 Å². The molecule has 2 aromatic rings. The van der Waals surface area contributed by atoms with Gasteiger partial charge in [-0.25, -0.2) is 8.42 Å². The smallest absolute Gasteiger partial charge is 0.244 e. The maximum atomic E-state index is 13.6. The van der Waals surface area contributed by atoms with Crippen LogP contribution in [0.2, 0.25) is 0 Å². The Bertz CT molecular complexity index is 1110. The van der Waals surface area contributed by atoms with E-state index in [1.54, 1.807) is 19.1 Å². The standard InChI is InChI=1S/C27H39N3O4S/c1-8-21(5)28-27(32)22(6)29(17-24-12-10-9-11-20(24)4)26(31)18-30(35(7,33)34)25-15-13-23(14-16-25)19(2)3/h9-16,19,21-22H,8,17-18H2,1-7H3,(H,28,32)/t21-,22+/m1/s1. The second-order valence-electron chi connectivity index (χ2n) is 9.46. The lowest BCUT2D eigenvalue weighted by Crippen LogP contribution is -2.52. The molecule has 2 rings (SSSR count). The fourth-order valence-corrected chi connectivity index (χ4v) is 4.51. The Morgan fingerprint density at radius 3 is 2.09 bits per heavy atom. The number of hydrogen-bond donors (Lipinski definition) is 1. The van der Waals surface area contributed by atoms with Gasteiger partial charge in [0, 0.05) is 12.6 Å². The van der Waals surface area contributed by atoms with Gasteiger partial charge in [-0.05, 0) is 61.9 Å². The van der Waals surface area contributed by atoms with Crippen molar-refractivity contribution in [2.24, 2.45) is 0 Å². The summed E-state index contributed by atoms with van der Waals surface area (Å²) in [7, 11) is -3.74. The van der Waals surface area contributed by atoms with Crippen molar-refractivity contribution < 1.29 is 18.0 Å². The number of nitrogens with one attached hydrogen (secondary N) is 1. The zero-order chi connectivity index (χ0) is 26.3. The van der Waals surface area contributed by atoms with Gasteiger partial charge >= 0.3 is 0 Å². The molecule has 0 saturated carbocycles. The zero-order valence-electron chi connectivity index (χ0n) is 21.9. The summed E-state index contributed by atoms with van der Waals surface area (Å²) in [6.45, 7) is 11.4. The first-order valence-corrected chi connectivity index (χ1v) is 13.9. The fourth-order valence-electron chi connectivity index (χ4n) is 3.66. The first-order valence-electron chi connectivity index (χ1n) is 12.1. The molecule has 0 aliphatic rings. The van der Waals surface area contributed by atoms with Crippen LogP contribution in [0.4, 0.5) is 5.69 Å². The van der Waals surface area contributed by atoms with Crippen molar-refractivity contribution in [1.82, 2.24) is 10.2 Å². The van der Waals surface area contributed by atoms with Crippen LogP contribution in [0.15, 0.2) is 48.5 Å². The maximum Gasteiger partial charge on any atom is 0.244 e. The molecule has 0 aliphatic heterocycles. The number of carbonyl (C=O) groups excluding carboxylic acids is 2. The van der Waals surface area contributed by atoms with E-state index in [1.807, 2.05) is 57.2 Å². The maximum absolute atomic E-state index is 13.6. The topological polar surface area (TPSA) is 86.8 Å². The van der Waals surface area contributed by atoms with E-state index in [9.17, 15) is 18.0 Å². The number of rotatable bonds is 11. The molecule has 2 aromatic carbocycles. The van der Waals surface area contributed by atoms with E-state index in [0.717, 1.165) is 33.7 Å². The molecule has 0 spiro atoms. The van der Waals surface area contributed by atoms with Gasteiger partial charge in [0.1, 0.15) is 12.6 Å². The summed E-state index contributed by atoms with van der Waals surface area (Å²) >= 11 is 0. The summed E-state index contributed by atoms with van der Waals surface area (Å²) in [5, 5.41) is 2.93. The van der Waals surface area contributed by atoms with Crippen molar-refractivity contribution in [3.8, 4) is 0 Å². The molecule has 1 N–H and O–H groups in total. The van der Waals surface area contributed by atoms with Crippen LogP contribution in [0.3, 0.4) is 0 Å². The van der Waals surface area contributed by atoms with E-state index < -0.39 is 28.5 Å². The average Bonchev–Trinajstić information content (AvgIpc) is 2.80. The zero-order valence-corrected chi connectivity index (χ0v) is 22.7. The van der Waals surface area contributed by atoms with Gasteiger partial charge in [0.25, 0.3) is 0 Å². The molecule has 35 heavy (non-hydrogen) atoms. The molecule has 2 amide bonds. The number of anilines is 1. The summed E-state index contributed by atoms with van der Waals surface area (Å²) in [5.74, 6) is -0.418. The number of carbonyl (C=O) groups is 2. The Kier molecular flexibility index (Phi) is 9.89. The van der Waals surface area contributed by atoms with E-state index in [-0.39, 0.29) is 18.5 Å². The van der Waals surface area contributed by atoms with Crippen LogP contribution in [0, 0.1) is 6.92 Å². The van der Waals surface area contributed by atoms with Gasteiger partial charge in [-0.15, -0.1) is 0 Å². The second kappa shape index (κ2) is 12.2. The van der Waals surface area contributed by atoms with Gasteiger partial charge in [0.05, 0.1) is 11.9 Å². The Balaban J connectivity index is 2.40. The van der Waals surface area contributed by atoms with Gasteiger partial charge in [0.15, 0.2) is 0 Å². The number of benzene rings is 2. The van der Waals surface area contributed by atoms with Crippen LogP contribution >= 0.6 is 0 Å². The lowest BCUT2D eigenvalue weighted by Gasteiger charge is -2.32. The summed E-state index contributed by atoms with van der Waals surface area (Å²) < 4.78 is 26.5. The first-order chi connectivity index (χ1) is 16.3. The molecule has 0 aromatic heterocycles. The number of nitrogens with zero attached hydrogens (tertiary/aromatic N) is 2. The van der Waals surface area contributed by atoms with E-state index in [4.69, 9.17) is 0 Å². The van der Waals surface area contributed by atoms with E-state index in [2.05, 4.69) is 19.2 Å². The van der Waals surface area contributed by atoms with Crippen molar-refractivity contribution >= 4 is 27.5 Å². The fraction of sp³-hybridized carbons (Fsp3) is 0.481. The minimum absolute atomic E-state index is 0.0349. The molecule has 0 bridgehead atoms. The van der Waals surface area contributed by atoms with Crippen LogP contribution in [-0.2, 0) is 26.2 Å². The molecule has 0 unspecified atom stereocenters.